The molecule has 4 heteroatoms. The van der Waals surface area contributed by atoms with E-state index in [4.69, 9.17) is 6.42 Å². The van der Waals surface area contributed by atoms with Crippen molar-refractivity contribution in [1.29, 1.82) is 0 Å². The van der Waals surface area contributed by atoms with Gasteiger partial charge < -0.3 is 0 Å². The molecular weight excluding hydrogens is 200 g/mol. The fourth-order valence-corrected chi connectivity index (χ4v) is 1.52. The first kappa shape index (κ1) is 10.4. The smallest absolute Gasteiger partial charge is 0.113 e. The summed E-state index contributed by atoms with van der Waals surface area (Å²) in [5, 5.41) is 4.41. The first-order chi connectivity index (χ1) is 7.85. The Hall–Kier alpha value is -2.15. The molecule has 0 N–H and O–H groups in total. The third kappa shape index (κ3) is 1.94. The first-order valence-electron chi connectivity index (χ1n) is 5.11. The quantitative estimate of drug-likeness (QED) is 0.725. The molecule has 0 saturated heterocycles. The van der Waals surface area contributed by atoms with E-state index in [1.165, 1.54) is 0 Å². The molecule has 0 radical (unpaired) electrons. The molecule has 0 atom stereocenters. The molecule has 0 amide bonds. The van der Waals surface area contributed by atoms with E-state index in [-0.39, 0.29) is 0 Å². The molecular formula is C12H12N4. The minimum absolute atomic E-state index is 0.490. The van der Waals surface area contributed by atoms with E-state index in [1.807, 2.05) is 10.7 Å². The Labute approximate surface area is 94.4 Å². The Bertz CT molecular complexity index is 508. The van der Waals surface area contributed by atoms with Gasteiger partial charge in [-0.15, -0.1) is 6.42 Å². The van der Waals surface area contributed by atoms with Crippen LogP contribution in [0.25, 0.3) is 11.4 Å². The average molecular weight is 212 g/mol. The highest BCUT2D eigenvalue weighted by Gasteiger charge is 2.08. The third-order valence-corrected chi connectivity index (χ3v) is 2.29. The van der Waals surface area contributed by atoms with Gasteiger partial charge in [-0.2, -0.15) is 5.10 Å². The number of terminal acetylenes is 1. The lowest BCUT2D eigenvalue weighted by atomic mass is 10.2. The summed E-state index contributed by atoms with van der Waals surface area (Å²) in [6.07, 6.45) is 11.2. The van der Waals surface area contributed by atoms with Crippen molar-refractivity contribution in [2.45, 2.75) is 19.9 Å². The SMILES string of the molecule is C#CCn1nc(-c2cnccn2)cc1CC. The summed E-state index contributed by atoms with van der Waals surface area (Å²) in [5.74, 6) is 2.59. The monoisotopic (exact) mass is 212 g/mol. The Morgan fingerprint density at radius 2 is 2.25 bits per heavy atom. The van der Waals surface area contributed by atoms with Crippen LogP contribution in [0, 0.1) is 12.3 Å². The van der Waals surface area contributed by atoms with Crippen molar-refractivity contribution in [1.82, 2.24) is 19.7 Å². The predicted molar refractivity (Wildman–Crippen MR) is 61.5 cm³/mol. The highest BCUT2D eigenvalue weighted by Crippen LogP contribution is 2.15. The number of hydrogen-bond acceptors (Lipinski definition) is 3. The van der Waals surface area contributed by atoms with E-state index in [1.54, 1.807) is 18.6 Å². The van der Waals surface area contributed by atoms with Crippen LogP contribution in [0.3, 0.4) is 0 Å². The van der Waals surface area contributed by atoms with E-state index in [0.29, 0.717) is 6.54 Å². The van der Waals surface area contributed by atoms with Crippen molar-refractivity contribution < 1.29 is 0 Å². The molecule has 0 aliphatic carbocycles. The second-order valence-electron chi connectivity index (χ2n) is 3.33. The zero-order chi connectivity index (χ0) is 11.4. The molecule has 4 nitrogen and oxygen atoms in total. The maximum absolute atomic E-state index is 5.29. The van der Waals surface area contributed by atoms with Gasteiger partial charge in [-0.3, -0.25) is 14.6 Å². The number of aromatic nitrogens is 4. The molecule has 16 heavy (non-hydrogen) atoms. The van der Waals surface area contributed by atoms with E-state index in [2.05, 4.69) is 27.9 Å². The number of aryl methyl sites for hydroxylation is 1. The van der Waals surface area contributed by atoms with Gasteiger partial charge in [0.15, 0.2) is 0 Å². The van der Waals surface area contributed by atoms with E-state index in [9.17, 15) is 0 Å². The van der Waals surface area contributed by atoms with Gasteiger partial charge in [-0.1, -0.05) is 12.8 Å². The Balaban J connectivity index is 2.41. The summed E-state index contributed by atoms with van der Waals surface area (Å²) >= 11 is 0. The normalized spacial score (nSPS) is 10.0. The maximum atomic E-state index is 5.29. The summed E-state index contributed by atoms with van der Waals surface area (Å²) in [6.45, 7) is 2.56. The number of rotatable bonds is 3. The molecule has 0 aliphatic heterocycles. The topological polar surface area (TPSA) is 43.6 Å². The fourth-order valence-electron chi connectivity index (χ4n) is 1.52. The van der Waals surface area contributed by atoms with Crippen LogP contribution in [-0.4, -0.2) is 19.7 Å². The molecule has 0 fully saturated rings. The highest BCUT2D eigenvalue weighted by molar-refractivity contribution is 5.52. The van der Waals surface area contributed by atoms with Crippen LogP contribution in [0.15, 0.2) is 24.7 Å². The summed E-state index contributed by atoms with van der Waals surface area (Å²) in [6, 6.07) is 2.00. The molecule has 0 aliphatic rings. The summed E-state index contributed by atoms with van der Waals surface area (Å²) < 4.78 is 1.82. The lowest BCUT2D eigenvalue weighted by Crippen LogP contribution is -2.02. The molecule has 0 spiro atoms. The highest BCUT2D eigenvalue weighted by atomic mass is 15.3. The maximum Gasteiger partial charge on any atom is 0.113 e. The predicted octanol–water partition coefficient (Wildman–Crippen LogP) is 1.54. The van der Waals surface area contributed by atoms with Crippen molar-refractivity contribution in [2.24, 2.45) is 0 Å². The van der Waals surface area contributed by atoms with Crippen molar-refractivity contribution in [3.05, 3.63) is 30.4 Å². The van der Waals surface area contributed by atoms with Crippen LogP contribution in [0.4, 0.5) is 0 Å². The van der Waals surface area contributed by atoms with Crippen LogP contribution in [-0.2, 0) is 13.0 Å². The largest absolute Gasteiger partial charge is 0.261 e. The van der Waals surface area contributed by atoms with Crippen LogP contribution >= 0.6 is 0 Å². The molecule has 2 heterocycles. The molecule has 0 unspecified atom stereocenters. The standard InChI is InChI=1S/C12H12N4/c1-3-7-16-10(4-2)8-11(15-16)12-9-13-5-6-14-12/h1,5-6,8-9H,4,7H2,2H3. The van der Waals surface area contributed by atoms with Crippen LogP contribution in [0.1, 0.15) is 12.6 Å². The Kier molecular flexibility index (Phi) is 2.97. The zero-order valence-electron chi connectivity index (χ0n) is 9.09. The molecule has 0 aromatic carbocycles. The molecule has 2 rings (SSSR count). The second-order valence-corrected chi connectivity index (χ2v) is 3.33. The summed E-state index contributed by atoms with van der Waals surface area (Å²) in [7, 11) is 0. The van der Waals surface area contributed by atoms with E-state index >= 15 is 0 Å². The average Bonchev–Trinajstić information content (AvgIpc) is 2.74. The van der Waals surface area contributed by atoms with Gasteiger partial charge in [0, 0.05) is 18.1 Å². The number of nitrogens with zero attached hydrogens (tertiary/aromatic N) is 4. The van der Waals surface area contributed by atoms with Crippen molar-refractivity contribution in [3.8, 4) is 23.7 Å². The van der Waals surface area contributed by atoms with Crippen LogP contribution < -0.4 is 0 Å². The Morgan fingerprint density at radius 1 is 1.38 bits per heavy atom. The zero-order valence-corrected chi connectivity index (χ0v) is 9.09. The lowest BCUT2D eigenvalue weighted by Gasteiger charge is -1.98. The van der Waals surface area contributed by atoms with Gasteiger partial charge in [0.05, 0.1) is 6.20 Å². The van der Waals surface area contributed by atoms with Gasteiger partial charge in [0.1, 0.15) is 17.9 Å². The van der Waals surface area contributed by atoms with Crippen LogP contribution in [0.2, 0.25) is 0 Å². The van der Waals surface area contributed by atoms with E-state index < -0.39 is 0 Å². The van der Waals surface area contributed by atoms with Crippen LogP contribution in [0.5, 0.6) is 0 Å². The third-order valence-electron chi connectivity index (χ3n) is 2.29. The summed E-state index contributed by atoms with van der Waals surface area (Å²) in [5.41, 5.74) is 2.70. The molecule has 0 saturated carbocycles. The summed E-state index contributed by atoms with van der Waals surface area (Å²) in [4.78, 5) is 8.23. The first-order valence-corrected chi connectivity index (χ1v) is 5.11. The Morgan fingerprint density at radius 3 is 2.88 bits per heavy atom. The molecule has 80 valence electrons. The van der Waals surface area contributed by atoms with Gasteiger partial charge in [0.2, 0.25) is 0 Å². The van der Waals surface area contributed by atoms with Crippen molar-refractivity contribution in [2.75, 3.05) is 0 Å². The molecule has 0 bridgehead atoms. The van der Waals surface area contributed by atoms with Gasteiger partial charge in [-0.25, -0.2) is 0 Å². The second kappa shape index (κ2) is 4.58. The molecule has 2 aromatic heterocycles. The van der Waals surface area contributed by atoms with Gasteiger partial charge in [0.25, 0.3) is 0 Å². The van der Waals surface area contributed by atoms with Gasteiger partial charge in [-0.05, 0) is 12.5 Å². The van der Waals surface area contributed by atoms with E-state index in [0.717, 1.165) is 23.5 Å². The van der Waals surface area contributed by atoms with Crippen molar-refractivity contribution in [3.63, 3.8) is 0 Å². The minimum Gasteiger partial charge on any atom is -0.261 e. The fraction of sp³-hybridized carbons (Fsp3) is 0.250. The molecule has 2 aromatic rings. The lowest BCUT2D eigenvalue weighted by molar-refractivity contribution is 0.675. The number of hydrogen-bond donors (Lipinski definition) is 0. The van der Waals surface area contributed by atoms with Crippen molar-refractivity contribution >= 4 is 0 Å². The van der Waals surface area contributed by atoms with Gasteiger partial charge >= 0.3 is 0 Å². The minimum atomic E-state index is 0.490.